The van der Waals surface area contributed by atoms with Gasteiger partial charge in [-0.25, -0.2) is 0 Å². The zero-order valence-electron chi connectivity index (χ0n) is 13.1. The second-order valence-corrected chi connectivity index (χ2v) is 5.88. The van der Waals surface area contributed by atoms with Crippen molar-refractivity contribution < 1.29 is 4.79 Å². The third-order valence-corrected chi connectivity index (χ3v) is 4.25. The minimum Gasteiger partial charge on any atom is -0.325 e. The minimum absolute atomic E-state index is 0. The van der Waals surface area contributed by atoms with Crippen LogP contribution in [0.3, 0.4) is 0 Å². The fraction of sp³-hybridized carbons (Fsp3) is 0.588. The number of hydrogen-bond donors (Lipinski definition) is 3. The van der Waals surface area contributed by atoms with Gasteiger partial charge in [-0.3, -0.25) is 4.79 Å². The van der Waals surface area contributed by atoms with Gasteiger partial charge in [-0.05, 0) is 30.5 Å². The van der Waals surface area contributed by atoms with Gasteiger partial charge in [0.15, 0.2) is 0 Å². The van der Waals surface area contributed by atoms with Crippen molar-refractivity contribution in [1.82, 2.24) is 5.32 Å². The van der Waals surface area contributed by atoms with E-state index in [0.29, 0.717) is 0 Å². The van der Waals surface area contributed by atoms with Crippen LogP contribution in [0.4, 0.5) is 5.69 Å². The maximum absolute atomic E-state index is 11.4. The average molecular weight is 326 g/mol. The first-order chi connectivity index (χ1) is 10.3. The molecule has 0 atom stereocenters. The van der Waals surface area contributed by atoms with Crippen LogP contribution in [-0.4, -0.2) is 19.0 Å². The molecular formula is C17H28ClN3O. The summed E-state index contributed by atoms with van der Waals surface area (Å²) in [6, 6.07) is 7.89. The Morgan fingerprint density at radius 1 is 1.18 bits per heavy atom. The number of benzene rings is 1. The molecule has 22 heavy (non-hydrogen) atoms. The molecule has 0 saturated heterocycles. The van der Waals surface area contributed by atoms with Gasteiger partial charge < -0.3 is 16.4 Å². The Hall–Kier alpha value is -1.10. The highest BCUT2D eigenvalue weighted by atomic mass is 35.5. The van der Waals surface area contributed by atoms with Crippen molar-refractivity contribution in [3.8, 4) is 0 Å². The number of rotatable bonds is 7. The molecule has 0 radical (unpaired) electrons. The molecule has 4 nitrogen and oxygen atoms in total. The van der Waals surface area contributed by atoms with Crippen LogP contribution in [0.2, 0.25) is 0 Å². The van der Waals surface area contributed by atoms with Crippen molar-refractivity contribution in [2.75, 3.05) is 18.4 Å². The van der Waals surface area contributed by atoms with Gasteiger partial charge in [-0.2, -0.15) is 0 Å². The predicted octanol–water partition coefficient (Wildman–Crippen LogP) is 3.07. The average Bonchev–Trinajstić information content (AvgIpc) is 2.54. The lowest BCUT2D eigenvalue weighted by Gasteiger charge is -2.21. The van der Waals surface area contributed by atoms with Gasteiger partial charge in [0, 0.05) is 12.2 Å². The standard InChI is InChI=1S/C17H27N3O.ClH/c18-12-17(21)20-16-9-5-4-8-15(16)13-19-11-10-14-6-2-1-3-7-14;/h4-5,8-9,14,19H,1-3,6-7,10-13,18H2,(H,20,21);1H. The highest BCUT2D eigenvalue weighted by Gasteiger charge is 2.12. The molecule has 4 N–H and O–H groups in total. The molecule has 1 fully saturated rings. The maximum Gasteiger partial charge on any atom is 0.238 e. The first-order valence-electron chi connectivity index (χ1n) is 8.08. The Morgan fingerprint density at radius 3 is 2.64 bits per heavy atom. The highest BCUT2D eigenvalue weighted by Crippen LogP contribution is 2.25. The van der Waals surface area contributed by atoms with Gasteiger partial charge in [0.1, 0.15) is 0 Å². The lowest BCUT2D eigenvalue weighted by atomic mass is 9.87. The highest BCUT2D eigenvalue weighted by molar-refractivity contribution is 5.92. The molecule has 1 aliphatic carbocycles. The summed E-state index contributed by atoms with van der Waals surface area (Å²) >= 11 is 0. The smallest absolute Gasteiger partial charge is 0.238 e. The van der Waals surface area contributed by atoms with Crippen LogP contribution in [0.1, 0.15) is 44.1 Å². The van der Waals surface area contributed by atoms with E-state index in [4.69, 9.17) is 5.73 Å². The zero-order valence-corrected chi connectivity index (χ0v) is 14.0. The molecule has 1 saturated carbocycles. The summed E-state index contributed by atoms with van der Waals surface area (Å²) in [6.45, 7) is 1.85. The number of carbonyl (C=O) groups excluding carboxylic acids is 1. The fourth-order valence-corrected chi connectivity index (χ4v) is 3.00. The summed E-state index contributed by atoms with van der Waals surface area (Å²) in [5.41, 5.74) is 7.32. The first kappa shape index (κ1) is 18.9. The van der Waals surface area contributed by atoms with E-state index in [2.05, 4.69) is 10.6 Å². The molecule has 0 unspecified atom stereocenters. The molecular weight excluding hydrogens is 298 g/mol. The van der Waals surface area contributed by atoms with Crippen molar-refractivity contribution in [3.63, 3.8) is 0 Å². The van der Waals surface area contributed by atoms with E-state index in [1.54, 1.807) is 0 Å². The summed E-state index contributed by atoms with van der Waals surface area (Å²) in [4.78, 5) is 11.4. The largest absolute Gasteiger partial charge is 0.325 e. The zero-order chi connectivity index (χ0) is 14.9. The number of amides is 1. The number of para-hydroxylation sites is 1. The van der Waals surface area contributed by atoms with Gasteiger partial charge in [0.2, 0.25) is 5.91 Å². The van der Waals surface area contributed by atoms with Gasteiger partial charge in [-0.15, -0.1) is 12.4 Å². The van der Waals surface area contributed by atoms with Gasteiger partial charge in [0.05, 0.1) is 6.54 Å². The van der Waals surface area contributed by atoms with Crippen molar-refractivity contribution in [3.05, 3.63) is 29.8 Å². The summed E-state index contributed by atoms with van der Waals surface area (Å²) in [5.74, 6) is 0.753. The number of nitrogens with two attached hydrogens (primary N) is 1. The molecule has 2 rings (SSSR count). The lowest BCUT2D eigenvalue weighted by molar-refractivity contribution is -0.114. The molecule has 5 heteroatoms. The summed E-state index contributed by atoms with van der Waals surface area (Å²) in [5, 5.41) is 6.34. The molecule has 1 aliphatic rings. The molecule has 1 aromatic carbocycles. The lowest BCUT2D eigenvalue weighted by Crippen LogP contribution is -2.24. The van der Waals surface area contributed by atoms with E-state index in [9.17, 15) is 4.79 Å². The van der Waals surface area contributed by atoms with Crippen molar-refractivity contribution in [2.24, 2.45) is 11.7 Å². The predicted molar refractivity (Wildman–Crippen MR) is 94.3 cm³/mol. The Kier molecular flexibility index (Phi) is 9.13. The number of hydrogen-bond acceptors (Lipinski definition) is 3. The van der Waals surface area contributed by atoms with E-state index in [0.717, 1.165) is 30.3 Å². The summed E-state index contributed by atoms with van der Waals surface area (Å²) in [7, 11) is 0. The topological polar surface area (TPSA) is 67.2 Å². The second-order valence-electron chi connectivity index (χ2n) is 5.88. The van der Waals surface area contributed by atoms with Crippen molar-refractivity contribution in [1.29, 1.82) is 0 Å². The summed E-state index contributed by atoms with van der Waals surface area (Å²) in [6.07, 6.45) is 8.27. The van der Waals surface area contributed by atoms with Crippen LogP contribution in [0.15, 0.2) is 24.3 Å². The van der Waals surface area contributed by atoms with Gasteiger partial charge in [-0.1, -0.05) is 50.3 Å². The normalized spacial score (nSPS) is 15.1. The molecule has 1 amide bonds. The maximum atomic E-state index is 11.4. The van der Waals surface area contributed by atoms with Crippen LogP contribution in [0.25, 0.3) is 0 Å². The van der Waals surface area contributed by atoms with Crippen molar-refractivity contribution in [2.45, 2.75) is 45.1 Å². The Bertz CT molecular complexity index is 447. The third-order valence-electron chi connectivity index (χ3n) is 4.25. The molecule has 0 aromatic heterocycles. The van der Waals surface area contributed by atoms with Crippen LogP contribution in [0.5, 0.6) is 0 Å². The molecule has 0 spiro atoms. The number of nitrogens with one attached hydrogen (secondary N) is 2. The van der Waals surface area contributed by atoms with Crippen LogP contribution >= 0.6 is 12.4 Å². The molecule has 0 aliphatic heterocycles. The first-order valence-corrected chi connectivity index (χ1v) is 8.08. The molecule has 1 aromatic rings. The Balaban J connectivity index is 0.00000242. The Morgan fingerprint density at radius 2 is 1.91 bits per heavy atom. The van der Waals surface area contributed by atoms with E-state index >= 15 is 0 Å². The van der Waals surface area contributed by atoms with E-state index in [-0.39, 0.29) is 24.9 Å². The SMILES string of the molecule is Cl.NCC(=O)Nc1ccccc1CNCCC1CCCCC1. The molecule has 0 bridgehead atoms. The molecule has 124 valence electrons. The van der Waals surface area contributed by atoms with Crippen molar-refractivity contribution >= 4 is 24.0 Å². The monoisotopic (exact) mass is 325 g/mol. The van der Waals surface area contributed by atoms with Gasteiger partial charge >= 0.3 is 0 Å². The van der Waals surface area contributed by atoms with E-state index in [1.807, 2.05) is 24.3 Å². The minimum atomic E-state index is -0.148. The number of anilines is 1. The fourth-order valence-electron chi connectivity index (χ4n) is 3.00. The number of halogens is 1. The quantitative estimate of drug-likeness (QED) is 0.675. The van der Waals surface area contributed by atoms with E-state index in [1.165, 1.54) is 38.5 Å². The van der Waals surface area contributed by atoms with E-state index < -0.39 is 0 Å². The van der Waals surface area contributed by atoms with Gasteiger partial charge in [0.25, 0.3) is 0 Å². The van der Waals surface area contributed by atoms with Crippen LogP contribution in [-0.2, 0) is 11.3 Å². The Labute approximate surface area is 139 Å². The summed E-state index contributed by atoms with van der Waals surface area (Å²) < 4.78 is 0. The second kappa shape index (κ2) is 10.6. The number of carbonyl (C=O) groups is 1. The van der Waals surface area contributed by atoms with Crippen LogP contribution in [0, 0.1) is 5.92 Å². The van der Waals surface area contributed by atoms with Crippen LogP contribution < -0.4 is 16.4 Å². The third kappa shape index (κ3) is 6.34. The molecule has 0 heterocycles.